The van der Waals surface area contributed by atoms with Gasteiger partial charge in [0.1, 0.15) is 4.90 Å². The number of carbonyl (C=O) groups excluding carboxylic acids is 1. The summed E-state index contributed by atoms with van der Waals surface area (Å²) >= 11 is 1.57. The summed E-state index contributed by atoms with van der Waals surface area (Å²) in [6.07, 6.45) is 2.77. The Morgan fingerprint density at radius 2 is 2.04 bits per heavy atom. The molecule has 8 heteroatoms. The number of likely N-dealkylation sites (N-methyl/N-ethyl adjacent to an activating group) is 1. The van der Waals surface area contributed by atoms with E-state index in [0.29, 0.717) is 0 Å². The zero-order chi connectivity index (χ0) is 18.7. The van der Waals surface area contributed by atoms with E-state index >= 15 is 0 Å². The molecule has 2 aromatic heterocycles. The smallest absolute Gasteiger partial charge is 0.244 e. The maximum atomic E-state index is 12.5. The van der Waals surface area contributed by atoms with E-state index in [4.69, 9.17) is 0 Å². The fourth-order valence-corrected chi connectivity index (χ4v) is 4.46. The van der Waals surface area contributed by atoms with E-state index in [1.165, 1.54) is 25.5 Å². The molecule has 1 unspecified atom stereocenters. The molecule has 0 aliphatic heterocycles. The van der Waals surface area contributed by atoms with Crippen LogP contribution in [0, 0.1) is 5.41 Å². The molecule has 0 aromatic carbocycles. The molecule has 0 spiro atoms. The number of carbonyl (C=O) groups is 1. The van der Waals surface area contributed by atoms with Crippen LogP contribution >= 0.6 is 11.3 Å². The third kappa shape index (κ3) is 4.87. The lowest BCUT2D eigenvalue weighted by Crippen LogP contribution is -2.42. The number of rotatable bonds is 6. The van der Waals surface area contributed by atoms with Gasteiger partial charge in [-0.1, -0.05) is 26.8 Å². The van der Waals surface area contributed by atoms with Gasteiger partial charge in [0.2, 0.25) is 15.9 Å². The van der Waals surface area contributed by atoms with Crippen molar-refractivity contribution in [3.63, 3.8) is 0 Å². The lowest BCUT2D eigenvalue weighted by atomic mass is 9.86. The van der Waals surface area contributed by atoms with Crippen LogP contribution in [0.1, 0.15) is 31.7 Å². The Bertz CT molecular complexity index is 797. The zero-order valence-electron chi connectivity index (χ0n) is 14.8. The van der Waals surface area contributed by atoms with Crippen molar-refractivity contribution < 1.29 is 13.2 Å². The molecular weight excluding hydrogens is 358 g/mol. The average Bonchev–Trinajstić information content (AvgIpc) is 3.06. The minimum atomic E-state index is -3.75. The van der Waals surface area contributed by atoms with Crippen LogP contribution in [0.3, 0.4) is 0 Å². The van der Waals surface area contributed by atoms with Gasteiger partial charge in [-0.3, -0.25) is 9.78 Å². The summed E-state index contributed by atoms with van der Waals surface area (Å²) in [4.78, 5) is 17.4. The van der Waals surface area contributed by atoms with Crippen molar-refractivity contribution in [1.82, 2.24) is 14.6 Å². The number of nitrogens with one attached hydrogen (secondary N) is 1. The van der Waals surface area contributed by atoms with Crippen LogP contribution in [0.5, 0.6) is 0 Å². The summed E-state index contributed by atoms with van der Waals surface area (Å²) in [6, 6.07) is 6.73. The van der Waals surface area contributed by atoms with E-state index in [-0.39, 0.29) is 28.8 Å². The minimum absolute atomic E-state index is 0.0657. The van der Waals surface area contributed by atoms with Crippen molar-refractivity contribution >= 4 is 27.3 Å². The van der Waals surface area contributed by atoms with Crippen LogP contribution in [0.2, 0.25) is 0 Å². The fourth-order valence-electron chi connectivity index (χ4n) is 2.34. The molecule has 1 N–H and O–H groups in total. The van der Waals surface area contributed by atoms with E-state index in [1.54, 1.807) is 17.4 Å². The summed E-state index contributed by atoms with van der Waals surface area (Å²) in [6.45, 7) is 5.85. The third-order valence-electron chi connectivity index (χ3n) is 3.71. The molecule has 1 atom stereocenters. The van der Waals surface area contributed by atoms with E-state index in [0.717, 1.165) is 9.18 Å². The molecule has 0 aliphatic carbocycles. The van der Waals surface area contributed by atoms with Gasteiger partial charge < -0.3 is 5.32 Å². The minimum Gasteiger partial charge on any atom is -0.347 e. The Hall–Kier alpha value is -1.77. The van der Waals surface area contributed by atoms with Crippen LogP contribution < -0.4 is 5.32 Å². The Labute approximate surface area is 153 Å². The van der Waals surface area contributed by atoms with Crippen molar-refractivity contribution in [2.75, 3.05) is 13.6 Å². The van der Waals surface area contributed by atoms with Crippen molar-refractivity contribution in [3.8, 4) is 0 Å². The molecule has 2 aromatic rings. The van der Waals surface area contributed by atoms with Crippen LogP contribution in [-0.4, -0.2) is 37.2 Å². The molecule has 136 valence electrons. The highest BCUT2D eigenvalue weighted by atomic mass is 32.2. The predicted octanol–water partition coefficient (Wildman–Crippen LogP) is 2.67. The first-order valence-electron chi connectivity index (χ1n) is 7.81. The number of nitrogens with zero attached hydrogens (tertiary/aromatic N) is 2. The molecular formula is C17H23N3O3S2. The second kappa shape index (κ2) is 7.63. The van der Waals surface area contributed by atoms with Crippen molar-refractivity contribution in [1.29, 1.82) is 0 Å². The van der Waals surface area contributed by atoms with Crippen LogP contribution in [-0.2, 0) is 14.8 Å². The largest absolute Gasteiger partial charge is 0.347 e. The van der Waals surface area contributed by atoms with Gasteiger partial charge in [0.15, 0.2) is 0 Å². The maximum absolute atomic E-state index is 12.5. The molecule has 1 amide bonds. The number of thiophene rings is 1. The molecule has 2 heterocycles. The van der Waals surface area contributed by atoms with Crippen LogP contribution in [0.15, 0.2) is 46.9 Å². The first kappa shape index (κ1) is 19.6. The quantitative estimate of drug-likeness (QED) is 0.834. The number of aromatic nitrogens is 1. The van der Waals surface area contributed by atoms with Crippen LogP contribution in [0.4, 0.5) is 0 Å². The molecule has 0 saturated carbocycles. The van der Waals surface area contributed by atoms with E-state index in [2.05, 4.69) is 10.3 Å². The number of amides is 1. The average molecular weight is 382 g/mol. The molecule has 6 nitrogen and oxygen atoms in total. The molecule has 0 saturated heterocycles. The van der Waals surface area contributed by atoms with Gasteiger partial charge in [0.05, 0.1) is 12.6 Å². The van der Waals surface area contributed by atoms with Crippen molar-refractivity contribution in [2.45, 2.75) is 31.7 Å². The predicted molar refractivity (Wildman–Crippen MR) is 98.7 cm³/mol. The summed E-state index contributed by atoms with van der Waals surface area (Å²) in [7, 11) is -2.36. The van der Waals surface area contributed by atoms with Crippen LogP contribution in [0.25, 0.3) is 0 Å². The normalized spacial score (nSPS) is 13.6. The molecule has 0 aliphatic rings. The first-order chi connectivity index (χ1) is 11.6. The molecule has 0 radical (unpaired) electrons. The highest BCUT2D eigenvalue weighted by Gasteiger charge is 2.30. The second-order valence-electron chi connectivity index (χ2n) is 6.83. The Morgan fingerprint density at radius 1 is 1.32 bits per heavy atom. The molecule has 0 bridgehead atoms. The standard InChI is InChI=1S/C17H23N3O3S2/c1-17(2,3)16(14-8-6-10-24-14)19-15(21)12-20(4)25(22,23)13-7-5-9-18-11-13/h5-11,16H,12H2,1-4H3,(H,19,21). The lowest BCUT2D eigenvalue weighted by molar-refractivity contribution is -0.122. The molecule has 2 rings (SSSR count). The summed E-state index contributed by atoms with van der Waals surface area (Å²) in [5.41, 5.74) is -0.193. The summed E-state index contributed by atoms with van der Waals surface area (Å²) < 4.78 is 26.0. The Balaban J connectivity index is 2.11. The topological polar surface area (TPSA) is 79.4 Å². The van der Waals surface area contributed by atoms with E-state index in [9.17, 15) is 13.2 Å². The maximum Gasteiger partial charge on any atom is 0.244 e. The molecule has 0 fully saturated rings. The number of pyridine rings is 1. The second-order valence-corrected chi connectivity index (χ2v) is 9.86. The number of hydrogen-bond donors (Lipinski definition) is 1. The van der Waals surface area contributed by atoms with Gasteiger partial charge in [0, 0.05) is 24.3 Å². The van der Waals surface area contributed by atoms with Gasteiger partial charge in [-0.15, -0.1) is 11.3 Å². The first-order valence-corrected chi connectivity index (χ1v) is 10.1. The van der Waals surface area contributed by atoms with Gasteiger partial charge in [-0.2, -0.15) is 4.31 Å². The van der Waals surface area contributed by atoms with Gasteiger partial charge in [-0.05, 0) is 29.0 Å². The summed E-state index contributed by atoms with van der Waals surface area (Å²) in [5.74, 6) is -0.344. The number of sulfonamides is 1. The lowest BCUT2D eigenvalue weighted by Gasteiger charge is -2.31. The Morgan fingerprint density at radius 3 is 2.56 bits per heavy atom. The van der Waals surface area contributed by atoms with Crippen molar-refractivity contribution in [2.24, 2.45) is 5.41 Å². The van der Waals surface area contributed by atoms with Crippen molar-refractivity contribution in [3.05, 3.63) is 46.9 Å². The van der Waals surface area contributed by atoms with Gasteiger partial charge in [0.25, 0.3) is 0 Å². The van der Waals surface area contributed by atoms with E-state index < -0.39 is 10.0 Å². The third-order valence-corrected chi connectivity index (χ3v) is 6.43. The zero-order valence-corrected chi connectivity index (χ0v) is 16.4. The highest BCUT2D eigenvalue weighted by molar-refractivity contribution is 7.89. The molecule has 25 heavy (non-hydrogen) atoms. The Kier molecular flexibility index (Phi) is 5.97. The SMILES string of the molecule is CN(CC(=O)NC(c1cccs1)C(C)(C)C)S(=O)(=O)c1cccnc1. The monoisotopic (exact) mass is 381 g/mol. The fraction of sp³-hybridized carbons (Fsp3) is 0.412. The number of hydrogen-bond acceptors (Lipinski definition) is 5. The highest BCUT2D eigenvalue weighted by Crippen LogP contribution is 2.35. The van der Waals surface area contributed by atoms with Gasteiger partial charge in [-0.25, -0.2) is 8.42 Å². The van der Waals surface area contributed by atoms with E-state index in [1.807, 2.05) is 38.3 Å². The van der Waals surface area contributed by atoms with Gasteiger partial charge >= 0.3 is 0 Å². The summed E-state index contributed by atoms with van der Waals surface area (Å²) in [5, 5.41) is 4.92.